The number of aromatic nitrogens is 1. The van der Waals surface area contributed by atoms with E-state index in [0.29, 0.717) is 5.82 Å². The van der Waals surface area contributed by atoms with Crippen LogP contribution in [0.25, 0.3) is 11.1 Å². The minimum atomic E-state index is -0.192. The van der Waals surface area contributed by atoms with Crippen LogP contribution in [0.15, 0.2) is 23.0 Å². The molecule has 0 amide bonds. The van der Waals surface area contributed by atoms with Gasteiger partial charge in [-0.05, 0) is 60.7 Å². The van der Waals surface area contributed by atoms with Crippen molar-refractivity contribution < 1.29 is 4.74 Å². The fourth-order valence-corrected chi connectivity index (χ4v) is 2.41. The second kappa shape index (κ2) is 4.80. The highest BCUT2D eigenvalue weighted by atomic mass is 16.5. The quantitative estimate of drug-likeness (QED) is 0.869. The SMILES string of the molecule is COc1cc(C)c(-c2cc(N)[nH]c(=O)c2)c(C)c1C. The Balaban J connectivity index is 2.75. The summed E-state index contributed by atoms with van der Waals surface area (Å²) in [7, 11) is 1.66. The first-order valence-corrected chi connectivity index (χ1v) is 6.09. The number of methoxy groups -OCH3 is 1. The Labute approximate surface area is 112 Å². The van der Waals surface area contributed by atoms with E-state index >= 15 is 0 Å². The van der Waals surface area contributed by atoms with E-state index in [2.05, 4.69) is 4.98 Å². The van der Waals surface area contributed by atoms with E-state index in [1.807, 2.05) is 26.8 Å². The van der Waals surface area contributed by atoms with Crippen LogP contribution in [0.5, 0.6) is 5.75 Å². The first-order valence-electron chi connectivity index (χ1n) is 6.09. The maximum atomic E-state index is 11.6. The molecule has 0 saturated carbocycles. The van der Waals surface area contributed by atoms with Crippen molar-refractivity contribution in [2.24, 2.45) is 0 Å². The van der Waals surface area contributed by atoms with Gasteiger partial charge in [-0.3, -0.25) is 4.79 Å². The molecule has 0 aliphatic rings. The van der Waals surface area contributed by atoms with Crippen LogP contribution in [-0.2, 0) is 0 Å². The molecule has 1 heterocycles. The standard InChI is InChI=1S/C15H18N2O2/c1-8-5-12(19-4)9(2)10(3)15(8)11-6-13(16)17-14(18)7-11/h5-7H,1-4H3,(H3,16,17,18). The van der Waals surface area contributed by atoms with Gasteiger partial charge >= 0.3 is 0 Å². The summed E-state index contributed by atoms with van der Waals surface area (Å²) < 4.78 is 5.35. The van der Waals surface area contributed by atoms with Gasteiger partial charge in [0, 0.05) is 6.07 Å². The summed E-state index contributed by atoms with van der Waals surface area (Å²) in [6.07, 6.45) is 0. The zero-order valence-electron chi connectivity index (χ0n) is 11.6. The van der Waals surface area contributed by atoms with E-state index in [1.54, 1.807) is 19.2 Å². The van der Waals surface area contributed by atoms with Crippen molar-refractivity contribution in [3.63, 3.8) is 0 Å². The molecule has 4 heteroatoms. The number of rotatable bonds is 2. The van der Waals surface area contributed by atoms with Crippen molar-refractivity contribution in [1.29, 1.82) is 0 Å². The molecule has 1 aromatic heterocycles. The molecule has 4 nitrogen and oxygen atoms in total. The first-order chi connectivity index (χ1) is 8.93. The van der Waals surface area contributed by atoms with Gasteiger partial charge in [0.15, 0.2) is 0 Å². The summed E-state index contributed by atoms with van der Waals surface area (Å²) in [6, 6.07) is 5.33. The molecule has 0 unspecified atom stereocenters. The molecule has 2 aromatic rings. The smallest absolute Gasteiger partial charge is 0.250 e. The molecular formula is C15H18N2O2. The van der Waals surface area contributed by atoms with Gasteiger partial charge in [0.1, 0.15) is 11.6 Å². The summed E-state index contributed by atoms with van der Waals surface area (Å²) in [6.45, 7) is 6.03. The summed E-state index contributed by atoms with van der Waals surface area (Å²) in [5.74, 6) is 1.23. The van der Waals surface area contributed by atoms with Crippen molar-refractivity contribution in [3.05, 3.63) is 45.2 Å². The Bertz CT molecular complexity index is 687. The van der Waals surface area contributed by atoms with Gasteiger partial charge in [-0.15, -0.1) is 0 Å². The Morgan fingerprint density at radius 3 is 2.37 bits per heavy atom. The monoisotopic (exact) mass is 258 g/mol. The first kappa shape index (κ1) is 13.2. The molecule has 0 spiro atoms. The van der Waals surface area contributed by atoms with Gasteiger partial charge in [-0.2, -0.15) is 0 Å². The van der Waals surface area contributed by atoms with E-state index in [4.69, 9.17) is 10.5 Å². The van der Waals surface area contributed by atoms with Crippen molar-refractivity contribution in [2.75, 3.05) is 12.8 Å². The number of benzene rings is 1. The van der Waals surface area contributed by atoms with Crippen LogP contribution in [-0.4, -0.2) is 12.1 Å². The molecule has 0 fully saturated rings. The highest BCUT2D eigenvalue weighted by molar-refractivity contribution is 5.75. The van der Waals surface area contributed by atoms with E-state index in [9.17, 15) is 4.79 Å². The number of nitrogens with one attached hydrogen (secondary N) is 1. The van der Waals surface area contributed by atoms with Crippen molar-refractivity contribution in [3.8, 4) is 16.9 Å². The molecule has 0 aliphatic carbocycles. The fourth-order valence-electron chi connectivity index (χ4n) is 2.41. The lowest BCUT2D eigenvalue weighted by atomic mass is 9.92. The summed E-state index contributed by atoms with van der Waals surface area (Å²) in [5, 5.41) is 0. The van der Waals surface area contributed by atoms with E-state index in [0.717, 1.165) is 33.6 Å². The molecule has 0 saturated heterocycles. The minimum Gasteiger partial charge on any atom is -0.496 e. The predicted molar refractivity (Wildman–Crippen MR) is 77.7 cm³/mol. The average molecular weight is 258 g/mol. The highest BCUT2D eigenvalue weighted by Gasteiger charge is 2.13. The number of hydrogen-bond donors (Lipinski definition) is 2. The lowest BCUT2D eigenvalue weighted by Crippen LogP contribution is -2.08. The summed E-state index contributed by atoms with van der Waals surface area (Å²) >= 11 is 0. The fraction of sp³-hybridized carbons (Fsp3) is 0.267. The van der Waals surface area contributed by atoms with Crippen molar-refractivity contribution in [2.45, 2.75) is 20.8 Å². The van der Waals surface area contributed by atoms with Crippen LogP contribution in [0.1, 0.15) is 16.7 Å². The average Bonchev–Trinajstić information content (AvgIpc) is 2.32. The lowest BCUT2D eigenvalue weighted by Gasteiger charge is -2.16. The molecule has 1 aromatic carbocycles. The molecular weight excluding hydrogens is 240 g/mol. The Morgan fingerprint density at radius 1 is 1.11 bits per heavy atom. The van der Waals surface area contributed by atoms with Crippen molar-refractivity contribution in [1.82, 2.24) is 4.98 Å². The molecule has 2 rings (SSSR count). The molecule has 0 bridgehead atoms. The number of ether oxygens (including phenoxy) is 1. The van der Waals surface area contributed by atoms with Gasteiger partial charge in [-0.25, -0.2) is 0 Å². The van der Waals surface area contributed by atoms with Crippen LogP contribution in [0.3, 0.4) is 0 Å². The summed E-state index contributed by atoms with van der Waals surface area (Å²) in [4.78, 5) is 14.1. The number of anilines is 1. The number of aromatic amines is 1. The number of nitrogens with two attached hydrogens (primary N) is 1. The third kappa shape index (κ3) is 2.34. The number of hydrogen-bond acceptors (Lipinski definition) is 3. The molecule has 0 radical (unpaired) electrons. The van der Waals surface area contributed by atoms with Crippen molar-refractivity contribution >= 4 is 5.82 Å². The highest BCUT2D eigenvalue weighted by Crippen LogP contribution is 2.34. The number of H-pyrrole nitrogens is 1. The van der Waals surface area contributed by atoms with Crippen LogP contribution in [0, 0.1) is 20.8 Å². The lowest BCUT2D eigenvalue weighted by molar-refractivity contribution is 0.411. The Kier molecular flexibility index (Phi) is 3.34. The Hall–Kier alpha value is -2.23. The van der Waals surface area contributed by atoms with E-state index in [-0.39, 0.29) is 5.56 Å². The second-order valence-electron chi connectivity index (χ2n) is 4.71. The molecule has 100 valence electrons. The normalized spacial score (nSPS) is 10.5. The number of pyridine rings is 1. The van der Waals surface area contributed by atoms with Gasteiger partial charge in [0.2, 0.25) is 5.56 Å². The third-order valence-electron chi connectivity index (χ3n) is 3.42. The zero-order chi connectivity index (χ0) is 14.2. The Morgan fingerprint density at radius 2 is 1.79 bits per heavy atom. The number of aryl methyl sites for hydroxylation is 1. The van der Waals surface area contributed by atoms with Crippen LogP contribution in [0.4, 0.5) is 5.82 Å². The molecule has 19 heavy (non-hydrogen) atoms. The predicted octanol–water partition coefficient (Wildman–Crippen LogP) is 2.56. The van der Waals surface area contributed by atoms with Crippen LogP contribution < -0.4 is 16.0 Å². The van der Waals surface area contributed by atoms with Gasteiger partial charge < -0.3 is 15.5 Å². The largest absolute Gasteiger partial charge is 0.496 e. The van der Waals surface area contributed by atoms with Gasteiger partial charge in [-0.1, -0.05) is 0 Å². The van der Waals surface area contributed by atoms with Crippen LogP contribution in [0.2, 0.25) is 0 Å². The second-order valence-corrected chi connectivity index (χ2v) is 4.71. The van der Waals surface area contributed by atoms with Gasteiger partial charge in [0.05, 0.1) is 7.11 Å². The number of nitrogen functional groups attached to an aromatic ring is 1. The van der Waals surface area contributed by atoms with E-state index in [1.165, 1.54) is 0 Å². The maximum Gasteiger partial charge on any atom is 0.250 e. The maximum absolute atomic E-state index is 11.6. The summed E-state index contributed by atoms with van der Waals surface area (Å²) in [5.41, 5.74) is 10.6. The molecule has 0 atom stereocenters. The zero-order valence-corrected chi connectivity index (χ0v) is 11.6. The van der Waals surface area contributed by atoms with Crippen LogP contribution >= 0.6 is 0 Å². The molecule has 3 N–H and O–H groups in total. The van der Waals surface area contributed by atoms with E-state index < -0.39 is 0 Å². The van der Waals surface area contributed by atoms with Gasteiger partial charge in [0.25, 0.3) is 0 Å². The minimum absolute atomic E-state index is 0.192. The topological polar surface area (TPSA) is 68.1 Å². The molecule has 0 aliphatic heterocycles. The third-order valence-corrected chi connectivity index (χ3v) is 3.42.